The van der Waals surface area contributed by atoms with Gasteiger partial charge in [0, 0.05) is 5.92 Å². The molecule has 0 fully saturated rings. The maximum Gasteiger partial charge on any atom is 0.00993 e. The van der Waals surface area contributed by atoms with Gasteiger partial charge in [-0.15, -0.1) is 7.92 Å². The van der Waals surface area contributed by atoms with E-state index in [4.69, 9.17) is 0 Å². The second-order valence-electron chi connectivity index (χ2n) is 5.79. The summed E-state index contributed by atoms with van der Waals surface area (Å²) in [4.78, 5) is 0. The predicted molar refractivity (Wildman–Crippen MR) is 91.0 cm³/mol. The van der Waals surface area contributed by atoms with Gasteiger partial charge < -0.3 is 0 Å². The number of fused-ring (bicyclic) bond motifs is 1. The third-order valence-electron chi connectivity index (χ3n) is 4.06. The van der Waals surface area contributed by atoms with E-state index in [9.17, 15) is 0 Å². The van der Waals surface area contributed by atoms with Gasteiger partial charge in [-0.1, -0.05) is 66.7 Å². The van der Waals surface area contributed by atoms with Crippen molar-refractivity contribution in [3.8, 4) is 0 Å². The lowest BCUT2D eigenvalue weighted by molar-refractivity contribution is 0.691. The van der Waals surface area contributed by atoms with E-state index in [2.05, 4.69) is 80.1 Å². The van der Waals surface area contributed by atoms with Crippen molar-refractivity contribution < 1.29 is 0 Å². The zero-order chi connectivity index (χ0) is 13.9. The fourth-order valence-corrected chi connectivity index (χ4v) is 4.37. The van der Waals surface area contributed by atoms with Crippen molar-refractivity contribution in [2.45, 2.75) is 11.8 Å². The normalized spacial score (nSPS) is 18.2. The molecule has 20 heavy (non-hydrogen) atoms. The predicted octanol–water partition coefficient (Wildman–Crippen LogP) is 5.32. The zero-order valence-corrected chi connectivity index (χ0v) is 13.1. The van der Waals surface area contributed by atoms with E-state index in [1.807, 2.05) is 0 Å². The van der Waals surface area contributed by atoms with Gasteiger partial charge in [0.05, 0.1) is 0 Å². The Balaban J connectivity index is 1.97. The van der Waals surface area contributed by atoms with Crippen molar-refractivity contribution in [1.82, 2.24) is 0 Å². The van der Waals surface area contributed by atoms with Crippen LogP contribution in [-0.2, 0) is 0 Å². The van der Waals surface area contributed by atoms with Crippen LogP contribution >= 0.6 is 7.92 Å². The van der Waals surface area contributed by atoms with Crippen LogP contribution in [0.15, 0.2) is 60.7 Å². The summed E-state index contributed by atoms with van der Waals surface area (Å²) in [6.07, 6.45) is 5.99. The lowest BCUT2D eigenvalue weighted by atomic mass is 9.84. The Morgan fingerprint density at radius 2 is 1.65 bits per heavy atom. The second kappa shape index (κ2) is 5.94. The quantitative estimate of drug-likeness (QED) is 0.665. The highest BCUT2D eigenvalue weighted by Crippen LogP contribution is 2.45. The summed E-state index contributed by atoms with van der Waals surface area (Å²) < 4.78 is 0. The zero-order valence-electron chi connectivity index (χ0n) is 12.2. The summed E-state index contributed by atoms with van der Waals surface area (Å²) in [6, 6.07) is 19.9. The van der Waals surface area contributed by atoms with Gasteiger partial charge in [-0.3, -0.25) is 0 Å². The van der Waals surface area contributed by atoms with Crippen LogP contribution in [0.5, 0.6) is 0 Å². The largest absolute Gasteiger partial charge is 0.112 e. The van der Waals surface area contributed by atoms with Crippen LogP contribution in [-0.4, -0.2) is 19.5 Å². The number of allylic oxidation sites excluding steroid dienone is 1. The molecule has 0 heterocycles. The number of hydrogen-bond acceptors (Lipinski definition) is 0. The molecule has 0 N–H and O–H groups in total. The van der Waals surface area contributed by atoms with Crippen LogP contribution in [0.4, 0.5) is 0 Å². The molecule has 0 aliphatic heterocycles. The summed E-state index contributed by atoms with van der Waals surface area (Å²) in [5.41, 5.74) is 4.38. The van der Waals surface area contributed by atoms with Crippen molar-refractivity contribution in [2.24, 2.45) is 0 Å². The first-order valence-corrected chi connectivity index (χ1v) is 9.64. The first kappa shape index (κ1) is 13.6. The minimum atomic E-state index is 0.0973. The molecule has 1 aliphatic rings. The van der Waals surface area contributed by atoms with E-state index >= 15 is 0 Å². The molecule has 102 valence electrons. The summed E-state index contributed by atoms with van der Waals surface area (Å²) in [5.74, 6) is 1.15. The molecule has 2 aromatic carbocycles. The first-order valence-electron chi connectivity index (χ1n) is 7.22. The van der Waals surface area contributed by atoms with Gasteiger partial charge in [-0.2, -0.15) is 0 Å². The molecule has 0 bridgehead atoms. The summed E-state index contributed by atoms with van der Waals surface area (Å²) >= 11 is 0. The summed E-state index contributed by atoms with van der Waals surface area (Å²) in [5, 5.41) is 0. The minimum Gasteiger partial charge on any atom is -0.112 e. The third-order valence-corrected chi connectivity index (χ3v) is 5.18. The van der Waals surface area contributed by atoms with Crippen LogP contribution in [0.25, 0.3) is 6.08 Å². The molecule has 0 saturated carbocycles. The average Bonchev–Trinajstić information content (AvgIpc) is 2.89. The van der Waals surface area contributed by atoms with E-state index in [1.54, 1.807) is 0 Å². The molecule has 2 unspecified atom stereocenters. The van der Waals surface area contributed by atoms with Gasteiger partial charge in [0.25, 0.3) is 0 Å². The van der Waals surface area contributed by atoms with Crippen molar-refractivity contribution in [1.29, 1.82) is 0 Å². The molecule has 1 heteroatoms. The third kappa shape index (κ3) is 2.72. The molecule has 0 nitrogen and oxygen atoms in total. The topological polar surface area (TPSA) is 0 Å². The van der Waals surface area contributed by atoms with Crippen molar-refractivity contribution >= 4 is 14.0 Å². The molecule has 0 saturated heterocycles. The van der Waals surface area contributed by atoms with Crippen LogP contribution in [0, 0.1) is 0 Å². The number of benzene rings is 2. The molecule has 2 aromatic rings. The second-order valence-corrected chi connectivity index (χ2v) is 8.32. The monoisotopic (exact) mass is 280 g/mol. The van der Waals surface area contributed by atoms with E-state index in [1.165, 1.54) is 22.9 Å². The van der Waals surface area contributed by atoms with Gasteiger partial charge in [0.1, 0.15) is 0 Å². The lowest BCUT2D eigenvalue weighted by Gasteiger charge is -2.26. The Bertz CT molecular complexity index is 598. The SMILES string of the molecule is CP(C)CC(c1ccccc1)C1C=Cc2ccccc21. The van der Waals surface area contributed by atoms with Gasteiger partial charge in [-0.25, -0.2) is 0 Å². The summed E-state index contributed by atoms with van der Waals surface area (Å²) in [7, 11) is 0.0973. The Labute approximate surface area is 123 Å². The van der Waals surface area contributed by atoms with Crippen LogP contribution < -0.4 is 0 Å². The molecule has 3 rings (SSSR count). The highest BCUT2D eigenvalue weighted by atomic mass is 31.1. The Morgan fingerprint density at radius 3 is 2.40 bits per heavy atom. The van der Waals surface area contributed by atoms with Crippen LogP contribution in [0.1, 0.15) is 28.5 Å². The molecule has 2 atom stereocenters. The Kier molecular flexibility index (Phi) is 4.03. The van der Waals surface area contributed by atoms with Gasteiger partial charge in [0.2, 0.25) is 0 Å². The van der Waals surface area contributed by atoms with Gasteiger partial charge in [-0.05, 0) is 42.1 Å². The smallest absolute Gasteiger partial charge is 0.00993 e. The molecule has 0 spiro atoms. The highest BCUT2D eigenvalue weighted by molar-refractivity contribution is 7.56. The van der Waals surface area contributed by atoms with Gasteiger partial charge >= 0.3 is 0 Å². The van der Waals surface area contributed by atoms with Crippen molar-refractivity contribution in [3.05, 3.63) is 77.4 Å². The molecule has 1 aliphatic carbocycles. The minimum absolute atomic E-state index is 0.0973. The van der Waals surface area contributed by atoms with Crippen molar-refractivity contribution in [3.63, 3.8) is 0 Å². The Morgan fingerprint density at radius 1 is 0.950 bits per heavy atom. The molecule has 0 amide bonds. The van der Waals surface area contributed by atoms with Crippen molar-refractivity contribution in [2.75, 3.05) is 19.5 Å². The lowest BCUT2D eigenvalue weighted by Crippen LogP contribution is -2.12. The summed E-state index contributed by atoms with van der Waals surface area (Å²) in [6.45, 7) is 4.77. The Hall–Kier alpha value is -1.39. The number of hydrogen-bond donors (Lipinski definition) is 0. The first-order chi connectivity index (χ1) is 9.75. The molecular weight excluding hydrogens is 259 g/mol. The molecule has 0 aromatic heterocycles. The van der Waals surface area contributed by atoms with E-state index in [0.717, 1.165) is 0 Å². The van der Waals surface area contributed by atoms with E-state index < -0.39 is 0 Å². The average molecular weight is 280 g/mol. The fraction of sp³-hybridized carbons (Fsp3) is 0.263. The molecule has 0 radical (unpaired) electrons. The van der Waals surface area contributed by atoms with Gasteiger partial charge in [0.15, 0.2) is 0 Å². The fourth-order valence-electron chi connectivity index (χ4n) is 3.15. The van der Waals surface area contributed by atoms with E-state index in [0.29, 0.717) is 11.8 Å². The maximum absolute atomic E-state index is 2.40. The maximum atomic E-state index is 2.40. The standard InChI is InChI=1S/C19H21P/c1-20(2)14-19(15-8-4-3-5-9-15)18-13-12-16-10-6-7-11-17(16)18/h3-13,18-19H,14H2,1-2H3. The van der Waals surface area contributed by atoms with Crippen LogP contribution in [0.2, 0.25) is 0 Å². The number of rotatable bonds is 4. The molecular formula is C19H21P. The van der Waals surface area contributed by atoms with E-state index in [-0.39, 0.29) is 7.92 Å². The highest BCUT2D eigenvalue weighted by Gasteiger charge is 2.27. The van der Waals surface area contributed by atoms with Crippen LogP contribution in [0.3, 0.4) is 0 Å².